The molecule has 160 valence electrons. The molecule has 9 nitrogen and oxygen atoms in total. The molecule has 3 aromatic rings. The third kappa shape index (κ3) is 4.69. The number of primary sulfonamides is 1. The van der Waals surface area contributed by atoms with Gasteiger partial charge in [-0.15, -0.1) is 0 Å². The molecule has 0 spiro atoms. The van der Waals surface area contributed by atoms with Gasteiger partial charge in [0.15, 0.2) is 0 Å². The highest BCUT2D eigenvalue weighted by Crippen LogP contribution is 2.21. The fraction of sp³-hybridized carbons (Fsp3) is 0.421. The molecule has 1 aromatic carbocycles. The van der Waals surface area contributed by atoms with E-state index in [1.54, 1.807) is 22.4 Å². The van der Waals surface area contributed by atoms with Crippen LogP contribution in [0, 0.1) is 0 Å². The van der Waals surface area contributed by atoms with Crippen molar-refractivity contribution in [2.75, 3.05) is 37.6 Å². The number of piperazine rings is 1. The fourth-order valence-electron chi connectivity index (χ4n) is 3.59. The van der Waals surface area contributed by atoms with E-state index in [0.717, 1.165) is 51.5 Å². The van der Waals surface area contributed by atoms with Crippen molar-refractivity contribution in [1.29, 1.82) is 0 Å². The maximum atomic E-state index is 12.5. The third-order valence-corrected chi connectivity index (χ3v) is 7.25. The second-order valence-electron chi connectivity index (χ2n) is 7.29. The molecule has 3 heterocycles. The van der Waals surface area contributed by atoms with E-state index in [1.807, 2.05) is 6.07 Å². The van der Waals surface area contributed by atoms with Gasteiger partial charge in [0, 0.05) is 45.1 Å². The molecular formula is C19H24N6O3S2. The monoisotopic (exact) mass is 448 g/mol. The number of hydrogen-bond acceptors (Lipinski definition) is 8. The Morgan fingerprint density at radius 3 is 2.43 bits per heavy atom. The summed E-state index contributed by atoms with van der Waals surface area (Å²) >= 11 is 1.29. The number of fused-ring (bicyclic) bond motifs is 1. The van der Waals surface area contributed by atoms with Crippen LogP contribution in [0.15, 0.2) is 46.3 Å². The average molecular weight is 449 g/mol. The number of anilines is 1. The van der Waals surface area contributed by atoms with Crippen LogP contribution >= 0.6 is 11.5 Å². The van der Waals surface area contributed by atoms with Crippen LogP contribution in [-0.4, -0.2) is 60.0 Å². The van der Waals surface area contributed by atoms with Gasteiger partial charge in [0.05, 0.1) is 15.0 Å². The van der Waals surface area contributed by atoms with Crippen molar-refractivity contribution >= 4 is 37.6 Å². The Bertz CT molecular complexity index is 1170. The second kappa shape index (κ2) is 8.80. The van der Waals surface area contributed by atoms with E-state index in [-0.39, 0.29) is 10.5 Å². The third-order valence-electron chi connectivity index (χ3n) is 5.24. The molecule has 11 heteroatoms. The van der Waals surface area contributed by atoms with E-state index >= 15 is 0 Å². The van der Waals surface area contributed by atoms with E-state index in [9.17, 15) is 13.2 Å². The van der Waals surface area contributed by atoms with Crippen molar-refractivity contribution in [3.8, 4) is 0 Å². The van der Waals surface area contributed by atoms with E-state index in [0.29, 0.717) is 16.6 Å². The molecule has 0 saturated carbocycles. The number of hydrogen-bond donors (Lipinski definition) is 1. The molecule has 0 bridgehead atoms. The lowest BCUT2D eigenvalue weighted by Crippen LogP contribution is -2.47. The Morgan fingerprint density at radius 1 is 1.03 bits per heavy atom. The van der Waals surface area contributed by atoms with Crippen molar-refractivity contribution in [3.05, 3.63) is 47.0 Å². The molecule has 0 radical (unpaired) electrons. The number of aryl methyl sites for hydroxylation is 1. The second-order valence-corrected chi connectivity index (χ2v) is 9.91. The van der Waals surface area contributed by atoms with Crippen LogP contribution < -0.4 is 15.6 Å². The van der Waals surface area contributed by atoms with Gasteiger partial charge in [-0.25, -0.2) is 23.5 Å². The zero-order valence-electron chi connectivity index (χ0n) is 16.5. The highest BCUT2D eigenvalue weighted by atomic mass is 32.2. The maximum absolute atomic E-state index is 12.5. The van der Waals surface area contributed by atoms with Gasteiger partial charge in [-0.1, -0.05) is 11.5 Å². The van der Waals surface area contributed by atoms with Crippen LogP contribution in [-0.2, 0) is 16.6 Å². The Morgan fingerprint density at radius 2 is 1.73 bits per heavy atom. The van der Waals surface area contributed by atoms with Crippen molar-refractivity contribution < 1.29 is 8.42 Å². The summed E-state index contributed by atoms with van der Waals surface area (Å²) in [5.74, 6) is 0.784. The van der Waals surface area contributed by atoms with Crippen LogP contribution in [0.3, 0.4) is 0 Å². The minimum Gasteiger partial charge on any atom is -0.338 e. The first-order valence-electron chi connectivity index (χ1n) is 9.83. The smallest absolute Gasteiger partial charge is 0.268 e. The molecular weight excluding hydrogens is 424 g/mol. The lowest BCUT2D eigenvalue weighted by molar-refractivity contribution is 0.250. The normalized spacial score (nSPS) is 15.7. The number of benzene rings is 1. The molecule has 2 aromatic heterocycles. The summed E-state index contributed by atoms with van der Waals surface area (Å²) in [6.07, 6.45) is 5.41. The number of nitrogens with zero attached hydrogens (tertiary/aromatic N) is 5. The molecule has 0 aliphatic carbocycles. The van der Waals surface area contributed by atoms with Crippen molar-refractivity contribution in [2.45, 2.75) is 24.3 Å². The largest absolute Gasteiger partial charge is 0.338 e. The highest BCUT2D eigenvalue weighted by Gasteiger charge is 2.18. The van der Waals surface area contributed by atoms with E-state index in [2.05, 4.69) is 19.8 Å². The summed E-state index contributed by atoms with van der Waals surface area (Å²) < 4.78 is 25.4. The minimum atomic E-state index is -3.77. The number of nitrogens with two attached hydrogens (primary N) is 1. The zero-order valence-corrected chi connectivity index (χ0v) is 18.1. The van der Waals surface area contributed by atoms with Crippen molar-refractivity contribution in [2.24, 2.45) is 5.14 Å². The Kier molecular flexibility index (Phi) is 6.14. The van der Waals surface area contributed by atoms with Gasteiger partial charge in [-0.3, -0.25) is 13.7 Å². The van der Waals surface area contributed by atoms with E-state index in [1.165, 1.54) is 23.7 Å². The fourth-order valence-corrected chi connectivity index (χ4v) is 5.28. The number of aromatic nitrogens is 3. The maximum Gasteiger partial charge on any atom is 0.268 e. The molecule has 0 unspecified atom stereocenters. The summed E-state index contributed by atoms with van der Waals surface area (Å²) in [6, 6.07) is 6.22. The van der Waals surface area contributed by atoms with Gasteiger partial charge in [0.2, 0.25) is 16.0 Å². The minimum absolute atomic E-state index is 0.0310. The van der Waals surface area contributed by atoms with Crippen LogP contribution in [0.1, 0.15) is 12.8 Å². The molecule has 0 atom stereocenters. The van der Waals surface area contributed by atoms with Gasteiger partial charge in [-0.05, 0) is 43.7 Å². The van der Waals surface area contributed by atoms with Crippen molar-refractivity contribution in [1.82, 2.24) is 18.8 Å². The van der Waals surface area contributed by atoms with Gasteiger partial charge >= 0.3 is 0 Å². The predicted molar refractivity (Wildman–Crippen MR) is 117 cm³/mol. The number of rotatable bonds is 7. The lowest BCUT2D eigenvalue weighted by atomic mass is 10.2. The first-order valence-corrected chi connectivity index (χ1v) is 12.1. The first-order chi connectivity index (χ1) is 14.4. The predicted octanol–water partition coefficient (Wildman–Crippen LogP) is 1.10. The SMILES string of the molecule is NS(=O)(=O)c1ccc2c(=O)n(CCCCN3CCN(c4ncccn4)CC3)sc2c1. The summed E-state index contributed by atoms with van der Waals surface area (Å²) in [5, 5.41) is 5.71. The molecule has 1 aliphatic rings. The average Bonchev–Trinajstić information content (AvgIpc) is 3.07. The van der Waals surface area contributed by atoms with Crippen LogP contribution in [0.25, 0.3) is 10.1 Å². The molecule has 4 rings (SSSR count). The molecule has 1 fully saturated rings. The number of unbranched alkanes of at least 4 members (excludes halogenated alkanes) is 1. The Labute approximate surface area is 179 Å². The quantitative estimate of drug-likeness (QED) is 0.538. The van der Waals surface area contributed by atoms with Crippen LogP contribution in [0.2, 0.25) is 0 Å². The van der Waals surface area contributed by atoms with Gasteiger partial charge in [-0.2, -0.15) is 0 Å². The van der Waals surface area contributed by atoms with Gasteiger partial charge in [0.25, 0.3) is 5.56 Å². The highest BCUT2D eigenvalue weighted by molar-refractivity contribution is 7.89. The molecule has 2 N–H and O–H groups in total. The van der Waals surface area contributed by atoms with E-state index in [4.69, 9.17) is 5.14 Å². The topological polar surface area (TPSA) is 114 Å². The Balaban J connectivity index is 1.27. The molecule has 30 heavy (non-hydrogen) atoms. The van der Waals surface area contributed by atoms with Crippen LogP contribution in [0.4, 0.5) is 5.95 Å². The summed E-state index contributed by atoms with van der Waals surface area (Å²) in [7, 11) is -3.77. The molecule has 1 saturated heterocycles. The summed E-state index contributed by atoms with van der Waals surface area (Å²) in [5.41, 5.74) is -0.0764. The van der Waals surface area contributed by atoms with E-state index < -0.39 is 10.0 Å². The number of sulfonamides is 1. The first kappa shape index (κ1) is 20.9. The van der Waals surface area contributed by atoms with Crippen molar-refractivity contribution in [3.63, 3.8) is 0 Å². The van der Waals surface area contributed by atoms with Crippen LogP contribution in [0.5, 0.6) is 0 Å². The van der Waals surface area contributed by atoms with Gasteiger partial charge in [0.1, 0.15) is 0 Å². The summed E-state index contributed by atoms with van der Waals surface area (Å²) in [6.45, 7) is 5.37. The standard InChI is InChI=1S/C19H24N6O3S2/c20-30(27,28)15-4-5-16-17(14-15)29-25(18(16)26)9-2-1-8-23-10-12-24(13-11-23)19-21-6-3-7-22-19/h3-7,14H,1-2,8-13H2,(H2,20,27,28). The zero-order chi connectivity index (χ0) is 21.1. The molecule has 1 aliphatic heterocycles. The van der Waals surface area contributed by atoms with Gasteiger partial charge < -0.3 is 4.90 Å². The summed E-state index contributed by atoms with van der Waals surface area (Å²) in [4.78, 5) is 25.8. The lowest BCUT2D eigenvalue weighted by Gasteiger charge is -2.34. The Hall–Kier alpha value is -2.34. The molecule has 0 amide bonds.